The van der Waals surface area contributed by atoms with Gasteiger partial charge in [0.25, 0.3) is 0 Å². The number of hydrogen-bond donors (Lipinski definition) is 2. The second kappa shape index (κ2) is 8.08. The smallest absolute Gasteiger partial charge is 0.444 e. The molecule has 0 spiro atoms. The largest absolute Gasteiger partial charge is 0.452 e. The summed E-state index contributed by atoms with van der Waals surface area (Å²) in [6.45, 7) is -1.11. The number of rotatable bonds is 4. The molecular formula is C6H10N2O6. The molecule has 0 unspecified atom stereocenters. The number of carbonyl (C=O) groups is 2. The summed E-state index contributed by atoms with van der Waals surface area (Å²) in [5.41, 5.74) is 0. The maximum atomic E-state index is 10.5. The molecule has 2 N–H and O–H groups in total. The fourth-order valence-corrected chi connectivity index (χ4v) is 0.405. The van der Waals surface area contributed by atoms with E-state index in [1.807, 2.05) is 0 Å². The van der Waals surface area contributed by atoms with Gasteiger partial charge in [-0.25, -0.2) is 9.59 Å². The van der Waals surface area contributed by atoms with Crippen LogP contribution in [0.1, 0.15) is 0 Å². The zero-order valence-electron chi connectivity index (χ0n) is 7.25. The van der Waals surface area contributed by atoms with Gasteiger partial charge in [0.2, 0.25) is 0 Å². The molecule has 0 bridgehead atoms. The Bertz CT molecular complexity index is 194. The van der Waals surface area contributed by atoms with Crippen LogP contribution < -0.4 is 0 Å². The van der Waals surface area contributed by atoms with E-state index in [9.17, 15) is 9.59 Å². The van der Waals surface area contributed by atoms with Crippen LogP contribution in [0.15, 0.2) is 10.2 Å². The van der Waals surface area contributed by atoms with Crippen LogP contribution in [0.5, 0.6) is 0 Å². The summed E-state index contributed by atoms with van der Waals surface area (Å²) in [5.74, 6) is 0. The van der Waals surface area contributed by atoms with Crippen molar-refractivity contribution >= 4 is 12.2 Å². The van der Waals surface area contributed by atoms with Gasteiger partial charge in [-0.3, -0.25) is 0 Å². The van der Waals surface area contributed by atoms with Gasteiger partial charge in [0, 0.05) is 0 Å². The van der Waals surface area contributed by atoms with Crippen molar-refractivity contribution in [1.82, 2.24) is 0 Å². The molecule has 0 aromatic rings. The Morgan fingerprint density at radius 3 is 1.57 bits per heavy atom. The van der Waals surface area contributed by atoms with E-state index in [0.29, 0.717) is 0 Å². The quantitative estimate of drug-likeness (QED) is 0.609. The van der Waals surface area contributed by atoms with Crippen molar-refractivity contribution in [3.8, 4) is 0 Å². The minimum absolute atomic E-state index is 0.219. The third kappa shape index (κ3) is 7.13. The molecule has 0 saturated heterocycles. The summed E-state index contributed by atoms with van der Waals surface area (Å²) in [6.07, 6.45) is -2.19. The molecule has 0 saturated carbocycles. The molecule has 0 aliphatic rings. The molecule has 2 amide bonds. The Morgan fingerprint density at radius 1 is 0.929 bits per heavy atom. The van der Waals surface area contributed by atoms with Gasteiger partial charge in [-0.05, 0) is 0 Å². The molecule has 0 fully saturated rings. The molecule has 0 heterocycles. The molecule has 0 atom stereocenters. The third-order valence-corrected chi connectivity index (χ3v) is 0.847. The molecule has 0 aromatic heterocycles. The lowest BCUT2D eigenvalue weighted by Gasteiger charge is -1.96. The van der Waals surface area contributed by atoms with Gasteiger partial charge in [0.15, 0.2) is 0 Å². The average molecular weight is 206 g/mol. The predicted octanol–water partition coefficient (Wildman–Crippen LogP) is -0.304. The highest BCUT2D eigenvalue weighted by atomic mass is 16.6. The molecular weight excluding hydrogens is 196 g/mol. The van der Waals surface area contributed by atoms with Crippen LogP contribution in [0.4, 0.5) is 9.59 Å². The van der Waals surface area contributed by atoms with E-state index in [1.54, 1.807) is 0 Å². The van der Waals surface area contributed by atoms with E-state index in [2.05, 4.69) is 19.7 Å². The van der Waals surface area contributed by atoms with Crippen molar-refractivity contribution in [2.75, 3.05) is 26.4 Å². The van der Waals surface area contributed by atoms with Crippen molar-refractivity contribution in [2.45, 2.75) is 0 Å². The first-order chi connectivity index (χ1) is 6.70. The molecule has 0 rings (SSSR count). The lowest BCUT2D eigenvalue weighted by molar-refractivity contribution is 0.119. The molecule has 0 aliphatic heterocycles. The van der Waals surface area contributed by atoms with Gasteiger partial charge in [-0.1, -0.05) is 10.2 Å². The van der Waals surface area contributed by atoms with Gasteiger partial charge in [0.05, 0.1) is 13.2 Å². The summed E-state index contributed by atoms with van der Waals surface area (Å²) in [7, 11) is 0. The molecule has 80 valence electrons. The van der Waals surface area contributed by atoms with E-state index in [4.69, 9.17) is 10.2 Å². The molecule has 14 heavy (non-hydrogen) atoms. The number of ether oxygens (including phenoxy) is 2. The minimum atomic E-state index is -1.10. The van der Waals surface area contributed by atoms with E-state index >= 15 is 0 Å². The monoisotopic (exact) mass is 206 g/mol. The van der Waals surface area contributed by atoms with Crippen molar-refractivity contribution in [3.63, 3.8) is 0 Å². The summed E-state index contributed by atoms with van der Waals surface area (Å²) in [4.78, 5) is 21.1. The van der Waals surface area contributed by atoms with Crippen LogP contribution in [-0.4, -0.2) is 48.8 Å². The van der Waals surface area contributed by atoms with Gasteiger partial charge < -0.3 is 19.7 Å². The minimum Gasteiger partial charge on any atom is -0.444 e. The molecule has 0 aromatic carbocycles. The van der Waals surface area contributed by atoms with E-state index in [1.165, 1.54) is 0 Å². The highest BCUT2D eigenvalue weighted by Gasteiger charge is 2.02. The van der Waals surface area contributed by atoms with Gasteiger partial charge >= 0.3 is 12.2 Å². The molecule has 8 heteroatoms. The number of nitrogens with zero attached hydrogens (tertiary/aromatic N) is 2. The van der Waals surface area contributed by atoms with Crippen LogP contribution in [0.2, 0.25) is 0 Å². The summed E-state index contributed by atoms with van der Waals surface area (Å²) in [6, 6.07) is 0. The number of aliphatic hydroxyl groups excluding tert-OH is 2. The standard InChI is InChI=1S/C6H10N2O6/c9-1-3-13-5(11)7-8-6(12)14-4-2-10/h9-10H,1-4H2/b8-7-. The number of aliphatic hydroxyl groups is 2. The van der Waals surface area contributed by atoms with Crippen LogP contribution in [-0.2, 0) is 9.47 Å². The first-order valence-corrected chi connectivity index (χ1v) is 3.67. The van der Waals surface area contributed by atoms with Crippen molar-refractivity contribution in [3.05, 3.63) is 0 Å². The normalized spacial score (nSPS) is 10.1. The van der Waals surface area contributed by atoms with Gasteiger partial charge in [-0.15, -0.1) is 0 Å². The maximum absolute atomic E-state index is 10.5. The zero-order chi connectivity index (χ0) is 10.8. The summed E-state index contributed by atoms with van der Waals surface area (Å²) < 4.78 is 8.48. The lowest BCUT2D eigenvalue weighted by atomic mass is 10.8. The van der Waals surface area contributed by atoms with Crippen LogP contribution >= 0.6 is 0 Å². The second-order valence-electron chi connectivity index (χ2n) is 1.88. The van der Waals surface area contributed by atoms with Crippen LogP contribution in [0.25, 0.3) is 0 Å². The Hall–Kier alpha value is -1.54. The predicted molar refractivity (Wildman–Crippen MR) is 41.7 cm³/mol. The first kappa shape index (κ1) is 12.5. The van der Waals surface area contributed by atoms with E-state index in [-0.39, 0.29) is 26.4 Å². The Morgan fingerprint density at radius 2 is 1.29 bits per heavy atom. The second-order valence-corrected chi connectivity index (χ2v) is 1.88. The van der Waals surface area contributed by atoms with Crippen molar-refractivity contribution < 1.29 is 29.3 Å². The first-order valence-electron chi connectivity index (χ1n) is 3.67. The molecule has 0 radical (unpaired) electrons. The van der Waals surface area contributed by atoms with E-state index in [0.717, 1.165) is 0 Å². The summed E-state index contributed by atoms with van der Waals surface area (Å²) in [5, 5.41) is 22.1. The molecule has 0 aliphatic carbocycles. The van der Waals surface area contributed by atoms with E-state index < -0.39 is 12.2 Å². The lowest BCUT2D eigenvalue weighted by Crippen LogP contribution is -2.06. The zero-order valence-corrected chi connectivity index (χ0v) is 7.25. The topological polar surface area (TPSA) is 118 Å². The number of carbonyl (C=O) groups excluding carboxylic acids is 2. The van der Waals surface area contributed by atoms with Gasteiger partial charge in [0.1, 0.15) is 13.2 Å². The average Bonchev–Trinajstić information content (AvgIpc) is 2.20. The Kier molecular flexibility index (Phi) is 7.19. The Labute approximate surface area is 79.1 Å². The van der Waals surface area contributed by atoms with Gasteiger partial charge in [-0.2, -0.15) is 0 Å². The summed E-state index contributed by atoms with van der Waals surface area (Å²) >= 11 is 0. The SMILES string of the molecule is O=C(/N=N\C(=O)OCCO)OCCO. The van der Waals surface area contributed by atoms with Crippen LogP contribution in [0, 0.1) is 0 Å². The third-order valence-electron chi connectivity index (χ3n) is 0.847. The van der Waals surface area contributed by atoms with Crippen molar-refractivity contribution in [2.24, 2.45) is 10.2 Å². The fourth-order valence-electron chi connectivity index (χ4n) is 0.405. The van der Waals surface area contributed by atoms with Crippen molar-refractivity contribution in [1.29, 1.82) is 0 Å². The maximum Gasteiger partial charge on any atom is 0.452 e. The Balaban J connectivity index is 3.68. The highest BCUT2D eigenvalue weighted by Crippen LogP contribution is 1.89. The molecule has 8 nitrogen and oxygen atoms in total. The number of amides is 2. The number of hydrogen-bond acceptors (Lipinski definition) is 6. The van der Waals surface area contributed by atoms with Crippen LogP contribution in [0.3, 0.4) is 0 Å². The fraction of sp³-hybridized carbons (Fsp3) is 0.667. The number of azo groups is 1. The highest BCUT2D eigenvalue weighted by molar-refractivity contribution is 5.73.